The van der Waals surface area contributed by atoms with Crippen LogP contribution in [0.2, 0.25) is 10.0 Å². The van der Waals surface area contributed by atoms with E-state index in [0.29, 0.717) is 36.8 Å². The van der Waals surface area contributed by atoms with Crippen LogP contribution in [0.1, 0.15) is 50.7 Å². The number of nitrogens with zero attached hydrogens (tertiary/aromatic N) is 12. The van der Waals surface area contributed by atoms with Gasteiger partial charge in [0.1, 0.15) is 17.5 Å². The Kier molecular flexibility index (Phi) is 45.4. The Hall–Kier alpha value is -6.19. The third kappa shape index (κ3) is 26.5. The van der Waals surface area contributed by atoms with Gasteiger partial charge in [-0.25, -0.2) is 13.2 Å². The quantitative estimate of drug-likeness (QED) is 0.113. The Morgan fingerprint density at radius 3 is 1.34 bits per heavy atom. The average molecular weight is 1840 g/mol. The van der Waals surface area contributed by atoms with Gasteiger partial charge in [-0.1, -0.05) is 124 Å². The maximum atomic E-state index is 13.2. The Labute approximate surface area is 715 Å². The van der Waals surface area contributed by atoms with Crippen molar-refractivity contribution in [1.82, 2.24) is 69.3 Å². The fourth-order valence-electron chi connectivity index (χ4n) is 10.9. The first-order valence-corrected chi connectivity index (χ1v) is 32.6. The molecule has 586 valence electrons. The first-order valence-electron chi connectivity index (χ1n) is 31.9. The molecule has 0 saturated heterocycles. The Bertz CT molecular complexity index is 4880. The van der Waals surface area contributed by atoms with Crippen LogP contribution in [0.4, 0.5) is 13.2 Å². The summed E-state index contributed by atoms with van der Waals surface area (Å²) in [4.78, 5) is 0. The number of H-pyrrole nitrogens is 2. The van der Waals surface area contributed by atoms with E-state index in [1.807, 2.05) is 141 Å². The normalized spacial score (nSPS) is 10.9. The van der Waals surface area contributed by atoms with E-state index < -0.39 is 0 Å². The molecule has 0 unspecified atom stereocenters. The summed E-state index contributed by atoms with van der Waals surface area (Å²) in [5, 5.41) is 42.8. The van der Waals surface area contributed by atoms with Crippen LogP contribution in [0.15, 0.2) is 201 Å². The van der Waals surface area contributed by atoms with Crippen LogP contribution in [0.25, 0.3) is 81.9 Å². The van der Waals surface area contributed by atoms with Crippen LogP contribution < -0.4 is 9.47 Å². The van der Waals surface area contributed by atoms with Gasteiger partial charge in [-0.2, -0.15) is 51.9 Å². The molecule has 8 radical (unpaired) electrons. The number of ether oxygens (including phenoxy) is 2. The van der Waals surface area contributed by atoms with Crippen molar-refractivity contribution in [1.29, 1.82) is 0 Å². The minimum Gasteiger partial charge on any atom is -0.651 e. The van der Waals surface area contributed by atoms with Crippen molar-refractivity contribution in [3.05, 3.63) is 295 Å². The smallest absolute Gasteiger partial charge is 0.237 e. The van der Waals surface area contributed by atoms with Crippen LogP contribution in [0, 0.1) is 73.0 Å². The fourth-order valence-corrected chi connectivity index (χ4v) is 11.3. The minimum atomic E-state index is -0.303. The zero-order valence-corrected chi connectivity index (χ0v) is 67.9. The second-order valence-corrected chi connectivity index (χ2v) is 23.6. The number of rotatable bonds is 12. The number of nitrogens with one attached hydrogen (secondary N) is 2. The van der Waals surface area contributed by atoms with Crippen molar-refractivity contribution in [2.45, 2.75) is 77.7 Å². The molecule has 8 aromatic carbocycles. The Morgan fingerprint density at radius 2 is 0.822 bits per heavy atom. The van der Waals surface area contributed by atoms with Gasteiger partial charge in [0, 0.05) is 190 Å². The number of benzene rings is 8. The number of aromatic amines is 2. The summed E-state index contributed by atoms with van der Waals surface area (Å²) >= 11 is 11.7. The predicted molar refractivity (Wildman–Crippen MR) is 396 cm³/mol. The van der Waals surface area contributed by atoms with Crippen LogP contribution >= 0.6 is 23.2 Å². The number of aryl methyl sites for hydroxylation is 2. The summed E-state index contributed by atoms with van der Waals surface area (Å²) in [5.74, 6) is 0.243. The van der Waals surface area contributed by atoms with Gasteiger partial charge in [-0.15, -0.1) is 10.2 Å². The first-order chi connectivity index (χ1) is 48.0. The molecule has 0 fully saturated rings. The first kappa shape index (κ1) is 98.8. The molecular weight excluding hydrogens is 1760 g/mol. The van der Waals surface area contributed by atoms with Crippen molar-refractivity contribution in [2.24, 2.45) is 0 Å². The number of hydrogen-bond donors (Lipinski definition) is 2. The maximum Gasteiger partial charge on any atom is 0.237 e. The molecule has 7 heterocycles. The molecule has 0 aliphatic heterocycles. The Morgan fingerprint density at radius 1 is 0.421 bits per heavy atom. The third-order valence-corrected chi connectivity index (χ3v) is 16.1. The largest absolute Gasteiger partial charge is 0.651 e. The SMILES string of the molecule is [CH2-]CCC1=CC(C)(C)c2ccc(F)cc21.[CH2-]CCn1ncc2ccc(Cl)cc21.[CH2-]CCn1ncc2ccccc21.[CH2-]COc1n[nH]c2ccc(F)cc12.[CH2-]Cn1ncc2ccc(Cl)cc21.[CH2-]Cn1ncc2ccc(F)cc21.[CH2-]Cn1ncc2ccccc21.[CH2-]Oc1n[nH]c2ccccc12.[Co].[Co].[Co].[Co].[Co].[Co].[Co].[Co]. The monoisotopic (exact) mass is 1840 g/mol. The number of halogens is 5. The standard InChI is InChI=1S/C14H16F.C10H10ClN2.C10H11N2.C9H8ClN2.C9H8FN2O.C9H8FN2.C9H9N2.C8H7N2O.8Co/c1-4-5-10-9-14(2,3)13-7-6-11(15)8-12(10)13;1-2-5-13-10-6-9(11)4-3-8(10)7-12-13;1-2-7-12-10-6-4-3-5-9(10)8-11-12;1-2-12-9-5-8(10)4-3-7(9)6-11-12;1-2-13-9-7-5-6(10)3-4-8(7)11-12-9;1-2-12-9-5-8(10)4-3-7(9)6-11-12;1-2-11-9-6-4-3-5-8(9)7-10-11;1-11-8-6-4-2-3-5-7(6)9-10-8;;;;;;;;/h6-9H,1,4-5H2,2-3H3;3-4,6-7H,1-2,5H2;3-6,8H,1-2,7H2;3-6H,1-2H2;3-5H,1-2H2,(H,11,12);3-6H,1-2H2;3-7H,1-2H2;2-5H,1H2,(H,9,10);;;;;;;;/q8*-1;;;;;;;;. The molecule has 0 saturated carbocycles. The molecule has 15 aromatic rings. The summed E-state index contributed by atoms with van der Waals surface area (Å²) in [6.45, 7) is 34.4. The molecule has 16 nitrogen and oxygen atoms in total. The maximum absolute atomic E-state index is 13.2. The zero-order chi connectivity index (χ0) is 70.4. The topological polar surface area (TPSA) is 165 Å². The van der Waals surface area contributed by atoms with Gasteiger partial charge in [0.05, 0.1) is 80.4 Å². The number of aromatic nitrogens is 14. The minimum absolute atomic E-state index is 0. The second-order valence-electron chi connectivity index (χ2n) is 22.7. The van der Waals surface area contributed by atoms with Gasteiger partial charge >= 0.3 is 0 Å². The summed E-state index contributed by atoms with van der Waals surface area (Å²) in [7, 11) is 3.30. The predicted octanol–water partition coefficient (Wildman–Crippen LogP) is 19.3. The molecule has 16 rings (SSSR count). The molecule has 1 aliphatic carbocycles. The van der Waals surface area contributed by atoms with Crippen molar-refractivity contribution in [3.8, 4) is 11.8 Å². The number of hydrogen-bond acceptors (Lipinski definition) is 9. The van der Waals surface area contributed by atoms with Crippen molar-refractivity contribution in [3.63, 3.8) is 0 Å². The molecule has 107 heavy (non-hydrogen) atoms. The van der Waals surface area contributed by atoms with E-state index in [2.05, 4.69) is 140 Å². The van der Waals surface area contributed by atoms with Crippen molar-refractivity contribution in [2.75, 3.05) is 6.61 Å². The number of fused-ring (bicyclic) bond motifs is 8. The molecular formula is C78H77Cl2Co8F3N14O2-8. The van der Waals surface area contributed by atoms with E-state index in [9.17, 15) is 13.2 Å². The number of para-hydroxylation sites is 3. The molecule has 0 amide bonds. The fraction of sp³-hybridized carbons (Fsp3) is 0.167. The summed E-state index contributed by atoms with van der Waals surface area (Å²) < 4.78 is 57.9. The molecule has 0 spiro atoms. The zero-order valence-electron chi connectivity index (χ0n) is 58.0. The van der Waals surface area contributed by atoms with Gasteiger partial charge in [0.25, 0.3) is 0 Å². The van der Waals surface area contributed by atoms with Gasteiger partial charge in [-0.05, 0) is 133 Å². The molecule has 0 bridgehead atoms. The van der Waals surface area contributed by atoms with Gasteiger partial charge in [-0.3, -0.25) is 33.6 Å². The third-order valence-electron chi connectivity index (χ3n) is 15.6. The van der Waals surface area contributed by atoms with Crippen LogP contribution in [0.5, 0.6) is 11.8 Å². The molecule has 1 aliphatic rings. The van der Waals surface area contributed by atoms with Crippen molar-refractivity contribution < 1.29 is 157 Å². The van der Waals surface area contributed by atoms with E-state index in [4.69, 9.17) is 32.7 Å². The van der Waals surface area contributed by atoms with Crippen LogP contribution in [0.3, 0.4) is 0 Å². The van der Waals surface area contributed by atoms with E-state index >= 15 is 0 Å². The van der Waals surface area contributed by atoms with E-state index in [1.54, 1.807) is 35.1 Å². The van der Waals surface area contributed by atoms with Crippen LogP contribution in [-0.4, -0.2) is 75.9 Å². The molecule has 2 N–H and O–H groups in total. The summed E-state index contributed by atoms with van der Waals surface area (Å²) in [6, 6.07) is 49.6. The molecule has 0 atom stereocenters. The summed E-state index contributed by atoms with van der Waals surface area (Å²) in [6.07, 6.45) is 14.9. The molecule has 29 heteroatoms. The van der Waals surface area contributed by atoms with E-state index in [1.165, 1.54) is 51.7 Å². The average Bonchev–Trinajstić information content (AvgIpc) is 1.62. The van der Waals surface area contributed by atoms with Crippen molar-refractivity contribution >= 4 is 105 Å². The van der Waals surface area contributed by atoms with Gasteiger partial charge in [0.2, 0.25) is 11.8 Å². The number of allylic oxidation sites excluding steroid dienone is 2. The van der Waals surface area contributed by atoms with E-state index in [-0.39, 0.29) is 164 Å². The second kappa shape index (κ2) is 49.1. The molecule has 7 aromatic heterocycles. The van der Waals surface area contributed by atoms with Gasteiger partial charge in [0.15, 0.2) is 0 Å². The summed E-state index contributed by atoms with van der Waals surface area (Å²) in [5.41, 5.74) is 10.6. The Balaban J connectivity index is 0.000000606. The van der Waals surface area contributed by atoms with Gasteiger partial charge < -0.3 is 57.9 Å². The van der Waals surface area contributed by atoms with E-state index in [0.717, 1.165) is 109 Å². The van der Waals surface area contributed by atoms with Crippen LogP contribution in [-0.2, 0) is 172 Å².